The maximum Gasteiger partial charge on any atom is 0.430 e. The molecule has 0 atom stereocenters. The van der Waals surface area contributed by atoms with E-state index in [0.29, 0.717) is 17.9 Å². The van der Waals surface area contributed by atoms with Crippen molar-refractivity contribution in [3.63, 3.8) is 0 Å². The van der Waals surface area contributed by atoms with Crippen LogP contribution in [0, 0.1) is 4.91 Å². The molecule has 1 aromatic carbocycles. The number of thioether (sulfide) groups is 1. The zero-order valence-electron chi connectivity index (χ0n) is 16.0. The predicted molar refractivity (Wildman–Crippen MR) is 97.5 cm³/mol. The zero-order chi connectivity index (χ0) is 22.3. The smallest absolute Gasteiger partial charge is 0.311 e. The van der Waals surface area contributed by atoms with Gasteiger partial charge in [0.15, 0.2) is 0 Å². The standard InChI is InChI=1S/C13H10F6N2O2S.2C2H6/c1-7(22)21-4-5-24-10-6-8(2-3-9(10)21)11(20-23,12(14,15)16)13(17,18)19;2*1-2/h2-3,6H,4-5H2,1H3;2*1-2H3. The predicted octanol–water partition coefficient (Wildman–Crippen LogP) is 6.28. The molecule has 0 radical (unpaired) electrons. The summed E-state index contributed by atoms with van der Waals surface area (Å²) in [5.74, 6) is -0.0917. The Morgan fingerprint density at radius 3 is 1.93 bits per heavy atom. The summed E-state index contributed by atoms with van der Waals surface area (Å²) in [6, 6.07) is 2.12. The van der Waals surface area contributed by atoms with Crippen LogP contribution < -0.4 is 4.90 Å². The van der Waals surface area contributed by atoms with Gasteiger partial charge in [0.2, 0.25) is 5.91 Å². The molecule has 28 heavy (non-hydrogen) atoms. The van der Waals surface area contributed by atoms with Crippen LogP contribution in [0.25, 0.3) is 0 Å². The third-order valence-corrected chi connectivity index (χ3v) is 4.60. The molecule has 1 aliphatic heterocycles. The second-order valence-electron chi connectivity index (χ2n) is 5.00. The molecule has 160 valence electrons. The second-order valence-corrected chi connectivity index (χ2v) is 6.14. The van der Waals surface area contributed by atoms with Crippen LogP contribution in [0.2, 0.25) is 0 Å². The van der Waals surface area contributed by atoms with Crippen molar-refractivity contribution in [3.05, 3.63) is 28.7 Å². The lowest BCUT2D eigenvalue weighted by Gasteiger charge is -2.33. The number of nitroso groups, excluding NO2 is 1. The lowest BCUT2D eigenvalue weighted by molar-refractivity contribution is -0.301. The number of alkyl halides is 6. The van der Waals surface area contributed by atoms with Gasteiger partial charge in [0.05, 0.1) is 5.69 Å². The highest BCUT2D eigenvalue weighted by molar-refractivity contribution is 7.99. The van der Waals surface area contributed by atoms with Crippen LogP contribution in [-0.2, 0) is 10.3 Å². The Bertz CT molecular complexity index is 663. The minimum absolute atomic E-state index is 0.0514. The fourth-order valence-electron chi connectivity index (χ4n) is 2.42. The Labute approximate surface area is 163 Å². The highest BCUT2D eigenvalue weighted by atomic mass is 32.2. The summed E-state index contributed by atoms with van der Waals surface area (Å²) in [5, 5.41) is 1.45. The Morgan fingerprint density at radius 2 is 1.54 bits per heavy atom. The maximum atomic E-state index is 13.1. The van der Waals surface area contributed by atoms with Crippen molar-refractivity contribution in [2.24, 2.45) is 5.18 Å². The van der Waals surface area contributed by atoms with Crippen molar-refractivity contribution in [1.29, 1.82) is 0 Å². The van der Waals surface area contributed by atoms with Crippen molar-refractivity contribution in [3.8, 4) is 0 Å². The molecule has 4 nitrogen and oxygen atoms in total. The molecule has 1 aliphatic rings. The van der Waals surface area contributed by atoms with Gasteiger partial charge >= 0.3 is 17.9 Å². The number of carbonyl (C=O) groups is 1. The number of hydrogen-bond donors (Lipinski definition) is 0. The number of carbonyl (C=O) groups excluding carboxylic acids is 1. The van der Waals surface area contributed by atoms with Crippen LogP contribution in [-0.4, -0.2) is 30.6 Å². The van der Waals surface area contributed by atoms with Gasteiger partial charge in [0, 0.05) is 29.7 Å². The minimum atomic E-state index is -5.96. The maximum absolute atomic E-state index is 13.1. The molecule has 1 heterocycles. The van der Waals surface area contributed by atoms with Crippen molar-refractivity contribution in [1.82, 2.24) is 0 Å². The van der Waals surface area contributed by atoms with Gasteiger partial charge in [0.25, 0.3) is 0 Å². The van der Waals surface area contributed by atoms with Crippen LogP contribution in [0.15, 0.2) is 28.3 Å². The summed E-state index contributed by atoms with van der Waals surface area (Å²) in [4.78, 5) is 23.5. The number of fused-ring (bicyclic) bond motifs is 1. The fourth-order valence-corrected chi connectivity index (χ4v) is 3.45. The molecule has 2 rings (SSSR count). The molecule has 0 bridgehead atoms. The van der Waals surface area contributed by atoms with E-state index in [2.05, 4.69) is 0 Å². The second kappa shape index (κ2) is 10.1. The number of amides is 1. The number of hydrogen-bond acceptors (Lipinski definition) is 4. The summed E-state index contributed by atoms with van der Waals surface area (Å²) in [7, 11) is 0. The molecule has 0 fully saturated rings. The SMILES string of the molecule is CC.CC.CC(=O)N1CCSc2cc(C(N=O)(C(F)(F)F)C(F)(F)F)ccc21. The molecule has 0 saturated carbocycles. The van der Waals surface area contributed by atoms with Gasteiger partial charge in [-0.1, -0.05) is 33.8 Å². The molecular formula is C17H22F6N2O2S. The van der Waals surface area contributed by atoms with Crippen LogP contribution >= 0.6 is 11.8 Å². The molecule has 0 saturated heterocycles. The summed E-state index contributed by atoms with van der Waals surface area (Å²) >= 11 is 1.000. The highest BCUT2D eigenvalue weighted by Gasteiger charge is 2.74. The number of rotatable bonds is 2. The number of halogens is 6. The molecule has 0 aromatic heterocycles. The lowest BCUT2D eigenvalue weighted by Crippen LogP contribution is -2.52. The Balaban J connectivity index is 0.00000171. The monoisotopic (exact) mass is 432 g/mol. The minimum Gasteiger partial charge on any atom is -0.311 e. The van der Waals surface area contributed by atoms with Gasteiger partial charge in [-0.25, -0.2) is 0 Å². The normalized spacial score (nSPS) is 14.0. The number of nitrogens with zero attached hydrogens (tertiary/aromatic N) is 2. The van der Waals surface area contributed by atoms with E-state index in [1.165, 1.54) is 17.0 Å². The molecule has 1 amide bonds. The molecule has 1 aromatic rings. The summed E-state index contributed by atoms with van der Waals surface area (Å²) in [5.41, 5.74) is -5.98. The fraction of sp³-hybridized carbons (Fsp3) is 0.588. The van der Waals surface area contributed by atoms with E-state index in [1.54, 1.807) is 0 Å². The average Bonchev–Trinajstić information content (AvgIpc) is 2.63. The first-order valence-electron chi connectivity index (χ1n) is 8.49. The van der Waals surface area contributed by atoms with Gasteiger partial charge in [0.1, 0.15) is 0 Å². The number of anilines is 1. The van der Waals surface area contributed by atoms with E-state index >= 15 is 0 Å². The Hall–Kier alpha value is -1.78. The van der Waals surface area contributed by atoms with Gasteiger partial charge in [-0.3, -0.25) is 4.79 Å². The molecule has 0 spiro atoms. The first-order valence-corrected chi connectivity index (χ1v) is 9.47. The molecule has 0 N–H and O–H groups in total. The molecule has 0 unspecified atom stereocenters. The van der Waals surface area contributed by atoms with Gasteiger partial charge < -0.3 is 4.90 Å². The first-order chi connectivity index (χ1) is 13.0. The summed E-state index contributed by atoms with van der Waals surface area (Å²) in [6.45, 7) is 9.51. The van der Waals surface area contributed by atoms with E-state index in [9.17, 15) is 36.0 Å². The quantitative estimate of drug-likeness (QED) is 0.408. The largest absolute Gasteiger partial charge is 0.430 e. The van der Waals surface area contributed by atoms with Crippen molar-refractivity contribution >= 4 is 23.4 Å². The van der Waals surface area contributed by atoms with E-state index in [4.69, 9.17) is 0 Å². The highest BCUT2D eigenvalue weighted by Crippen LogP contribution is 2.54. The van der Waals surface area contributed by atoms with Crippen molar-refractivity contribution in [2.45, 2.75) is 57.4 Å². The van der Waals surface area contributed by atoms with E-state index in [0.717, 1.165) is 17.8 Å². The Kier molecular flexibility index (Phi) is 9.48. The third kappa shape index (κ3) is 4.79. The molecular weight excluding hydrogens is 410 g/mol. The Morgan fingerprint density at radius 1 is 1.04 bits per heavy atom. The molecule has 0 aliphatic carbocycles. The third-order valence-electron chi connectivity index (χ3n) is 3.58. The first kappa shape index (κ1) is 26.2. The van der Waals surface area contributed by atoms with E-state index < -0.39 is 29.4 Å². The number of benzene rings is 1. The van der Waals surface area contributed by atoms with Crippen LogP contribution in [0.3, 0.4) is 0 Å². The van der Waals surface area contributed by atoms with Crippen molar-refractivity contribution in [2.75, 3.05) is 17.2 Å². The van der Waals surface area contributed by atoms with Crippen LogP contribution in [0.4, 0.5) is 32.0 Å². The summed E-state index contributed by atoms with van der Waals surface area (Å²) < 4.78 is 78.7. The van der Waals surface area contributed by atoms with E-state index in [-0.39, 0.29) is 17.1 Å². The topological polar surface area (TPSA) is 49.7 Å². The van der Waals surface area contributed by atoms with Gasteiger partial charge in [-0.05, 0) is 17.3 Å². The average molecular weight is 432 g/mol. The lowest BCUT2D eigenvalue weighted by atomic mass is 9.89. The van der Waals surface area contributed by atoms with Crippen LogP contribution in [0.5, 0.6) is 0 Å². The zero-order valence-corrected chi connectivity index (χ0v) is 16.8. The summed E-state index contributed by atoms with van der Waals surface area (Å²) in [6.07, 6.45) is -11.9. The van der Waals surface area contributed by atoms with Crippen LogP contribution in [0.1, 0.15) is 40.2 Å². The van der Waals surface area contributed by atoms with Gasteiger partial charge in [-0.15, -0.1) is 16.7 Å². The van der Waals surface area contributed by atoms with E-state index in [1.807, 2.05) is 27.7 Å². The van der Waals surface area contributed by atoms with Crippen molar-refractivity contribution < 1.29 is 31.1 Å². The van der Waals surface area contributed by atoms with Gasteiger partial charge in [-0.2, -0.15) is 26.3 Å². The molecule has 11 heteroatoms.